The van der Waals surface area contributed by atoms with E-state index in [0.29, 0.717) is 6.42 Å². The minimum Gasteiger partial charge on any atom is -0.394 e. The van der Waals surface area contributed by atoms with E-state index in [1.54, 1.807) is 0 Å². The summed E-state index contributed by atoms with van der Waals surface area (Å²) in [7, 11) is 0. The number of aryl methyl sites for hydroxylation is 2. The van der Waals surface area contributed by atoms with E-state index in [2.05, 4.69) is 5.32 Å². The molecule has 3 nitrogen and oxygen atoms in total. The van der Waals surface area contributed by atoms with Crippen LogP contribution in [-0.2, 0) is 11.2 Å². The standard InChI is InChI=1S/C18H18F3NO2/c1-11-4-2-3-5-12(11)6-7-17(24)22-16(10-23)13-8-14(19)18(21)15(20)9-13/h2-5,8-9,16,23H,6-7,10H2,1H3,(H,22,24). The van der Waals surface area contributed by atoms with Gasteiger partial charge in [0.2, 0.25) is 5.91 Å². The van der Waals surface area contributed by atoms with Gasteiger partial charge in [-0.05, 0) is 42.2 Å². The Morgan fingerprint density at radius 1 is 1.17 bits per heavy atom. The third-order valence-corrected chi connectivity index (χ3v) is 3.81. The van der Waals surface area contributed by atoms with E-state index >= 15 is 0 Å². The molecule has 2 aromatic carbocycles. The highest BCUT2D eigenvalue weighted by atomic mass is 19.2. The quantitative estimate of drug-likeness (QED) is 0.796. The fourth-order valence-electron chi connectivity index (χ4n) is 2.42. The molecule has 0 saturated heterocycles. The summed E-state index contributed by atoms with van der Waals surface area (Å²) in [6, 6.07) is 8.16. The van der Waals surface area contributed by atoms with Crippen LogP contribution in [0.3, 0.4) is 0 Å². The van der Waals surface area contributed by atoms with Crippen LogP contribution in [0.1, 0.15) is 29.2 Å². The Kier molecular flexibility index (Phi) is 5.98. The molecule has 0 radical (unpaired) electrons. The third kappa shape index (κ3) is 4.35. The van der Waals surface area contributed by atoms with E-state index in [0.717, 1.165) is 23.3 Å². The van der Waals surface area contributed by atoms with E-state index in [4.69, 9.17) is 0 Å². The Balaban J connectivity index is 2.02. The molecule has 0 fully saturated rings. The van der Waals surface area contributed by atoms with E-state index in [9.17, 15) is 23.1 Å². The van der Waals surface area contributed by atoms with E-state index < -0.39 is 30.1 Å². The van der Waals surface area contributed by atoms with Crippen LogP contribution in [0, 0.1) is 24.4 Å². The highest BCUT2D eigenvalue weighted by molar-refractivity contribution is 5.76. The normalized spacial score (nSPS) is 12.0. The van der Waals surface area contributed by atoms with E-state index in [1.807, 2.05) is 31.2 Å². The lowest BCUT2D eigenvalue weighted by Gasteiger charge is -2.17. The zero-order valence-electron chi connectivity index (χ0n) is 13.2. The molecule has 0 aromatic heterocycles. The number of carbonyl (C=O) groups excluding carboxylic acids is 1. The number of nitrogens with one attached hydrogen (secondary N) is 1. The van der Waals surface area contributed by atoms with Crippen LogP contribution in [0.25, 0.3) is 0 Å². The molecule has 24 heavy (non-hydrogen) atoms. The Bertz CT molecular complexity index is 711. The number of benzene rings is 2. The molecule has 2 rings (SSSR count). The van der Waals surface area contributed by atoms with Crippen LogP contribution in [0.4, 0.5) is 13.2 Å². The van der Waals surface area contributed by atoms with Gasteiger partial charge in [0.15, 0.2) is 17.5 Å². The monoisotopic (exact) mass is 337 g/mol. The molecule has 0 aliphatic heterocycles. The molecule has 0 bridgehead atoms. The first-order chi connectivity index (χ1) is 11.4. The molecule has 1 atom stereocenters. The van der Waals surface area contributed by atoms with Crippen molar-refractivity contribution < 1.29 is 23.1 Å². The van der Waals surface area contributed by atoms with Gasteiger partial charge in [0.1, 0.15) is 0 Å². The molecule has 0 aliphatic rings. The molecular formula is C18H18F3NO2. The van der Waals surface area contributed by atoms with E-state index in [1.165, 1.54) is 0 Å². The third-order valence-electron chi connectivity index (χ3n) is 3.81. The molecule has 0 aliphatic carbocycles. The second-order valence-corrected chi connectivity index (χ2v) is 5.53. The van der Waals surface area contributed by atoms with Crippen LogP contribution in [0.15, 0.2) is 36.4 Å². The molecule has 1 unspecified atom stereocenters. The van der Waals surface area contributed by atoms with Crippen molar-refractivity contribution in [2.24, 2.45) is 0 Å². The van der Waals surface area contributed by atoms with Gasteiger partial charge in [-0.2, -0.15) is 0 Å². The summed E-state index contributed by atoms with van der Waals surface area (Å²) < 4.78 is 39.5. The molecule has 2 N–H and O–H groups in total. The number of carbonyl (C=O) groups is 1. The lowest BCUT2D eigenvalue weighted by molar-refractivity contribution is -0.122. The highest BCUT2D eigenvalue weighted by Gasteiger charge is 2.18. The summed E-state index contributed by atoms with van der Waals surface area (Å²) in [5.74, 6) is -4.68. The number of hydrogen-bond acceptors (Lipinski definition) is 2. The average Bonchev–Trinajstić information content (AvgIpc) is 2.56. The maximum atomic E-state index is 13.3. The van der Waals surface area contributed by atoms with Gasteiger partial charge in [-0.3, -0.25) is 4.79 Å². The fourth-order valence-corrected chi connectivity index (χ4v) is 2.42. The molecule has 1 amide bonds. The van der Waals surface area contributed by atoms with Gasteiger partial charge < -0.3 is 10.4 Å². The Morgan fingerprint density at radius 2 is 1.79 bits per heavy atom. The summed E-state index contributed by atoms with van der Waals surface area (Å²) in [4.78, 5) is 12.0. The van der Waals surface area contributed by atoms with Gasteiger partial charge in [0.05, 0.1) is 12.6 Å². The van der Waals surface area contributed by atoms with Gasteiger partial charge in [-0.15, -0.1) is 0 Å². The zero-order chi connectivity index (χ0) is 17.7. The van der Waals surface area contributed by atoms with Gasteiger partial charge in [-0.25, -0.2) is 13.2 Å². The summed E-state index contributed by atoms with van der Waals surface area (Å²) in [6.45, 7) is 1.38. The maximum absolute atomic E-state index is 13.3. The lowest BCUT2D eigenvalue weighted by atomic mass is 10.0. The molecule has 6 heteroatoms. The fraction of sp³-hybridized carbons (Fsp3) is 0.278. The first-order valence-electron chi connectivity index (χ1n) is 7.51. The number of halogens is 3. The first kappa shape index (κ1) is 18.0. The minimum absolute atomic E-state index is 0.0295. The van der Waals surface area contributed by atoms with Crippen molar-refractivity contribution in [3.05, 3.63) is 70.5 Å². The number of amides is 1. The van der Waals surface area contributed by atoms with Crippen LogP contribution >= 0.6 is 0 Å². The number of hydrogen-bond donors (Lipinski definition) is 2. The summed E-state index contributed by atoms with van der Waals surface area (Å²) >= 11 is 0. The van der Waals surface area contributed by atoms with Crippen LogP contribution in [0.2, 0.25) is 0 Å². The smallest absolute Gasteiger partial charge is 0.220 e. The van der Waals surface area contributed by atoms with Crippen molar-refractivity contribution in [1.29, 1.82) is 0 Å². The van der Waals surface area contributed by atoms with Crippen LogP contribution in [-0.4, -0.2) is 17.6 Å². The van der Waals surface area contributed by atoms with Crippen molar-refractivity contribution in [3.63, 3.8) is 0 Å². The second kappa shape index (κ2) is 7.97. The molecule has 128 valence electrons. The molecule has 0 heterocycles. The average molecular weight is 337 g/mol. The zero-order valence-corrected chi connectivity index (χ0v) is 13.2. The second-order valence-electron chi connectivity index (χ2n) is 5.53. The van der Waals surface area contributed by atoms with Crippen molar-refractivity contribution in [1.82, 2.24) is 5.32 Å². The predicted octanol–water partition coefficient (Wildman–Crippen LogP) is 3.19. The largest absolute Gasteiger partial charge is 0.394 e. The van der Waals surface area contributed by atoms with Gasteiger partial charge in [0, 0.05) is 6.42 Å². The number of aliphatic hydroxyl groups is 1. The number of aliphatic hydroxyl groups excluding tert-OH is 1. The lowest BCUT2D eigenvalue weighted by Crippen LogP contribution is -2.31. The number of rotatable bonds is 6. The van der Waals surface area contributed by atoms with Gasteiger partial charge in [0.25, 0.3) is 0 Å². The van der Waals surface area contributed by atoms with Crippen molar-refractivity contribution in [2.45, 2.75) is 25.8 Å². The van der Waals surface area contributed by atoms with E-state index in [-0.39, 0.29) is 17.9 Å². The SMILES string of the molecule is Cc1ccccc1CCC(=O)NC(CO)c1cc(F)c(F)c(F)c1. The van der Waals surface area contributed by atoms with Gasteiger partial charge >= 0.3 is 0 Å². The predicted molar refractivity (Wildman–Crippen MR) is 83.8 cm³/mol. The Labute approximate surface area is 138 Å². The summed E-state index contributed by atoms with van der Waals surface area (Å²) in [5, 5.41) is 11.9. The van der Waals surface area contributed by atoms with Crippen molar-refractivity contribution in [3.8, 4) is 0 Å². The maximum Gasteiger partial charge on any atom is 0.220 e. The summed E-state index contributed by atoms with van der Waals surface area (Å²) in [5.41, 5.74) is 2.05. The Hall–Kier alpha value is -2.34. The van der Waals surface area contributed by atoms with Crippen molar-refractivity contribution in [2.75, 3.05) is 6.61 Å². The minimum atomic E-state index is -1.58. The Morgan fingerprint density at radius 3 is 2.38 bits per heavy atom. The highest BCUT2D eigenvalue weighted by Crippen LogP contribution is 2.19. The molecule has 0 spiro atoms. The van der Waals surface area contributed by atoms with Crippen LogP contribution < -0.4 is 5.32 Å². The molecule has 0 saturated carbocycles. The van der Waals surface area contributed by atoms with Crippen LogP contribution in [0.5, 0.6) is 0 Å². The molecule has 2 aromatic rings. The summed E-state index contributed by atoms with van der Waals surface area (Å²) in [6.07, 6.45) is 0.663. The topological polar surface area (TPSA) is 49.3 Å². The van der Waals surface area contributed by atoms with Gasteiger partial charge in [-0.1, -0.05) is 24.3 Å². The van der Waals surface area contributed by atoms with Crippen molar-refractivity contribution >= 4 is 5.91 Å². The first-order valence-corrected chi connectivity index (χ1v) is 7.51. The molecular weight excluding hydrogens is 319 g/mol.